The first-order valence-electron chi connectivity index (χ1n) is 15.7. The predicted molar refractivity (Wildman–Crippen MR) is 170 cm³/mol. The molecule has 12 nitrogen and oxygen atoms in total. The molecule has 0 unspecified atom stereocenters. The Kier molecular flexibility index (Phi) is 10.7. The highest BCUT2D eigenvalue weighted by atomic mass is 32.2. The van der Waals surface area contributed by atoms with Crippen LogP contribution in [0.15, 0.2) is 54.6 Å². The molecule has 2 aromatic carbocycles. The Balaban J connectivity index is 1.35. The number of rotatable bonds is 6. The van der Waals surface area contributed by atoms with E-state index in [1.807, 2.05) is 54.6 Å². The lowest BCUT2D eigenvalue weighted by Gasteiger charge is -2.39. The van der Waals surface area contributed by atoms with Crippen LogP contribution in [-0.2, 0) is 53.3 Å². The van der Waals surface area contributed by atoms with Crippen LogP contribution in [0.5, 0.6) is 0 Å². The van der Waals surface area contributed by atoms with Crippen molar-refractivity contribution in [1.29, 1.82) is 0 Å². The number of benzene rings is 2. The van der Waals surface area contributed by atoms with E-state index in [0.717, 1.165) is 16.7 Å². The van der Waals surface area contributed by atoms with E-state index >= 15 is 0 Å². The van der Waals surface area contributed by atoms with Crippen molar-refractivity contribution in [3.05, 3.63) is 71.3 Å². The van der Waals surface area contributed by atoms with E-state index in [4.69, 9.17) is 0 Å². The lowest BCUT2D eigenvalue weighted by atomic mass is 9.80. The molecule has 3 heterocycles. The predicted octanol–water partition coefficient (Wildman–Crippen LogP) is 0.506. The normalized spacial score (nSPS) is 22.3. The summed E-state index contributed by atoms with van der Waals surface area (Å²) in [5.41, 5.74) is 2.55. The number of carbonyl (C=O) groups is 5. The van der Waals surface area contributed by atoms with Crippen LogP contribution in [0.3, 0.4) is 0 Å². The molecule has 13 heteroatoms. The van der Waals surface area contributed by atoms with Gasteiger partial charge in [-0.3, -0.25) is 24.0 Å². The molecule has 2 aromatic rings. The maximum absolute atomic E-state index is 13.8. The fourth-order valence-electron chi connectivity index (χ4n) is 6.33. The van der Waals surface area contributed by atoms with E-state index in [0.29, 0.717) is 19.5 Å². The smallest absolute Gasteiger partial charge is 0.242 e. The lowest BCUT2D eigenvalue weighted by molar-refractivity contribution is -0.144. The van der Waals surface area contributed by atoms with Crippen molar-refractivity contribution < 1.29 is 32.4 Å². The average molecular weight is 652 g/mol. The lowest BCUT2D eigenvalue weighted by Crippen LogP contribution is -2.52. The molecule has 2 bridgehead atoms. The second-order valence-electron chi connectivity index (χ2n) is 12.3. The van der Waals surface area contributed by atoms with Gasteiger partial charge in [0.1, 0.15) is 13.1 Å². The second kappa shape index (κ2) is 14.9. The second-order valence-corrected chi connectivity index (χ2v) is 14.6. The Morgan fingerprint density at radius 1 is 0.891 bits per heavy atom. The van der Waals surface area contributed by atoms with E-state index in [-0.39, 0.29) is 93.7 Å². The van der Waals surface area contributed by atoms with Gasteiger partial charge in [0, 0.05) is 52.1 Å². The topological polar surface area (TPSA) is 153 Å². The number of carbonyl (C=O) groups excluding carboxylic acids is 5. The Morgan fingerprint density at radius 3 is 2.33 bits per heavy atom. The van der Waals surface area contributed by atoms with Crippen LogP contribution in [0, 0.1) is 11.8 Å². The summed E-state index contributed by atoms with van der Waals surface area (Å²) >= 11 is 0. The Morgan fingerprint density at radius 2 is 1.59 bits per heavy atom. The molecule has 246 valence electrons. The molecule has 0 radical (unpaired) electrons. The van der Waals surface area contributed by atoms with Gasteiger partial charge >= 0.3 is 0 Å². The van der Waals surface area contributed by atoms with Gasteiger partial charge in [0.05, 0.1) is 17.9 Å². The zero-order chi connectivity index (χ0) is 32.7. The molecule has 46 heavy (non-hydrogen) atoms. The van der Waals surface area contributed by atoms with E-state index in [1.165, 1.54) is 9.80 Å². The highest BCUT2D eigenvalue weighted by Gasteiger charge is 2.36. The number of sulfone groups is 1. The zero-order valence-electron chi connectivity index (χ0n) is 25.9. The minimum absolute atomic E-state index is 0.0338. The van der Waals surface area contributed by atoms with E-state index in [1.54, 1.807) is 4.90 Å². The fourth-order valence-corrected chi connectivity index (χ4v) is 7.53. The van der Waals surface area contributed by atoms with Crippen LogP contribution in [0.4, 0.5) is 0 Å². The Labute approximate surface area is 269 Å². The first kappa shape index (κ1) is 33.1. The van der Waals surface area contributed by atoms with Crippen molar-refractivity contribution in [2.24, 2.45) is 11.8 Å². The largest absolute Gasteiger partial charge is 0.352 e. The molecule has 0 saturated carbocycles. The molecule has 5 rings (SSSR count). The maximum Gasteiger partial charge on any atom is 0.242 e. The molecule has 0 spiro atoms. The van der Waals surface area contributed by atoms with Crippen molar-refractivity contribution in [3.8, 4) is 0 Å². The third-order valence-electron chi connectivity index (χ3n) is 9.11. The molecular formula is C33H41N5O7S. The van der Waals surface area contributed by atoms with Gasteiger partial charge < -0.3 is 25.3 Å². The molecule has 3 aliphatic rings. The number of nitrogens with one attached hydrogen (secondary N) is 2. The van der Waals surface area contributed by atoms with Gasteiger partial charge in [-0.05, 0) is 34.9 Å². The van der Waals surface area contributed by atoms with Crippen molar-refractivity contribution >= 4 is 39.4 Å². The summed E-state index contributed by atoms with van der Waals surface area (Å²) in [4.78, 5) is 71.1. The van der Waals surface area contributed by atoms with Gasteiger partial charge in [-0.1, -0.05) is 54.6 Å². The van der Waals surface area contributed by atoms with Crippen molar-refractivity contribution in [3.63, 3.8) is 0 Å². The summed E-state index contributed by atoms with van der Waals surface area (Å²) in [7, 11) is -3.21. The van der Waals surface area contributed by atoms with Crippen LogP contribution in [0.25, 0.3) is 0 Å². The molecule has 0 aromatic heterocycles. The van der Waals surface area contributed by atoms with Gasteiger partial charge in [-0.2, -0.15) is 0 Å². The van der Waals surface area contributed by atoms with Crippen LogP contribution < -0.4 is 10.6 Å². The van der Waals surface area contributed by atoms with Gasteiger partial charge in [0.25, 0.3) is 0 Å². The summed E-state index contributed by atoms with van der Waals surface area (Å²) in [6.45, 7) is 0.614. The molecule has 2 N–H and O–H groups in total. The Hall–Kier alpha value is -4.26. The van der Waals surface area contributed by atoms with Crippen molar-refractivity contribution in [2.45, 2.75) is 38.8 Å². The summed E-state index contributed by atoms with van der Waals surface area (Å²) in [5, 5.41) is 5.78. The standard InChI is InChI=1S/C33H41N5O7S/c39-29(34-19-24-6-2-1-3-7-24)16-26-10-11-37-21-28(26)18-32(42)38(23-33(43)36-12-14-46(44,45)15-13-36)22-30(40)35-20-27-9-5-4-8-25(27)17-31(37)41/h1-9,26,28H,10-23H2,(H,34,39)(H,35,40)/t26-,28-/m0/s1. The van der Waals surface area contributed by atoms with Crippen LogP contribution in [-0.4, -0.2) is 103 Å². The quantitative estimate of drug-likeness (QED) is 0.462. The van der Waals surface area contributed by atoms with Gasteiger partial charge in [-0.25, -0.2) is 8.42 Å². The van der Waals surface area contributed by atoms with Gasteiger partial charge in [0.15, 0.2) is 9.84 Å². The first-order valence-corrected chi connectivity index (χ1v) is 17.6. The number of amides is 5. The van der Waals surface area contributed by atoms with Crippen LogP contribution in [0.2, 0.25) is 0 Å². The third kappa shape index (κ3) is 8.93. The molecule has 2 saturated heterocycles. The highest BCUT2D eigenvalue weighted by Crippen LogP contribution is 2.31. The zero-order valence-corrected chi connectivity index (χ0v) is 26.7. The van der Waals surface area contributed by atoms with Crippen LogP contribution >= 0.6 is 0 Å². The molecule has 3 aliphatic heterocycles. The highest BCUT2D eigenvalue weighted by molar-refractivity contribution is 7.91. The summed E-state index contributed by atoms with van der Waals surface area (Å²) in [6.07, 6.45) is 0.816. The minimum atomic E-state index is -3.21. The summed E-state index contributed by atoms with van der Waals surface area (Å²) < 4.78 is 23.8. The average Bonchev–Trinajstić information content (AvgIpc) is 3.03. The number of nitrogens with zero attached hydrogens (tertiary/aromatic N) is 3. The monoisotopic (exact) mass is 651 g/mol. The summed E-state index contributed by atoms with van der Waals surface area (Å²) in [6, 6.07) is 16.9. The molecule has 2 fully saturated rings. The number of hydrogen-bond acceptors (Lipinski definition) is 7. The Bertz CT molecular complexity index is 1550. The van der Waals surface area contributed by atoms with Gasteiger partial charge in [0.2, 0.25) is 29.5 Å². The van der Waals surface area contributed by atoms with E-state index in [2.05, 4.69) is 10.6 Å². The van der Waals surface area contributed by atoms with Crippen molar-refractivity contribution in [2.75, 3.05) is 50.8 Å². The minimum Gasteiger partial charge on any atom is -0.352 e. The van der Waals surface area contributed by atoms with E-state index < -0.39 is 27.6 Å². The van der Waals surface area contributed by atoms with E-state index in [9.17, 15) is 32.4 Å². The number of fused-ring (bicyclic) bond motifs is 3. The van der Waals surface area contributed by atoms with Gasteiger partial charge in [-0.15, -0.1) is 0 Å². The fraction of sp³-hybridized carbons (Fsp3) is 0.485. The molecule has 0 aliphatic carbocycles. The van der Waals surface area contributed by atoms with Crippen LogP contribution in [0.1, 0.15) is 36.0 Å². The first-order chi connectivity index (χ1) is 22.1. The molecule has 5 amide bonds. The number of piperidine rings is 1. The molecule has 2 atom stereocenters. The maximum atomic E-state index is 13.8. The SMILES string of the molecule is O=C(C[C@@H]1CCN2C[C@@H]1CC(=O)N(CC(=O)N1CCS(=O)(=O)CC1)CC(=O)NCc1ccccc1CC2=O)NCc1ccccc1. The number of hydrogen-bond donors (Lipinski definition) is 2. The van der Waals surface area contributed by atoms with Crippen molar-refractivity contribution in [1.82, 2.24) is 25.3 Å². The third-order valence-corrected chi connectivity index (χ3v) is 10.7. The molecular weight excluding hydrogens is 610 g/mol. The summed E-state index contributed by atoms with van der Waals surface area (Å²) in [5.74, 6) is -2.41.